The third-order valence-corrected chi connectivity index (χ3v) is 13.7. The Morgan fingerprint density at radius 1 is 0.818 bits per heavy atom. The van der Waals surface area contributed by atoms with E-state index in [9.17, 15) is 4.79 Å². The quantitative estimate of drug-likeness (QED) is 0.0955. The van der Waals surface area contributed by atoms with Gasteiger partial charge in [-0.2, -0.15) is 0 Å². The van der Waals surface area contributed by atoms with Crippen LogP contribution in [-0.4, -0.2) is 91.3 Å². The molecule has 0 saturated carbocycles. The number of aromatic nitrogens is 2. The van der Waals surface area contributed by atoms with Gasteiger partial charge in [0.2, 0.25) is 0 Å². The van der Waals surface area contributed by atoms with Crippen molar-refractivity contribution in [1.82, 2.24) is 18.9 Å². The lowest BCUT2D eigenvalue weighted by atomic mass is 9.99. The highest BCUT2D eigenvalue weighted by atomic mass is 28.3. The van der Waals surface area contributed by atoms with Crippen molar-refractivity contribution in [3.8, 4) is 0 Å². The first kappa shape index (κ1) is 39.4. The number of nitrogens with zero attached hydrogens (tertiary/aromatic N) is 4. The van der Waals surface area contributed by atoms with E-state index in [0.717, 1.165) is 122 Å². The van der Waals surface area contributed by atoms with Gasteiger partial charge in [-0.15, -0.1) is 13.2 Å². The summed E-state index contributed by atoms with van der Waals surface area (Å²) in [5, 5.41) is 5.48. The van der Waals surface area contributed by atoms with Crippen molar-refractivity contribution in [1.29, 1.82) is 0 Å². The van der Waals surface area contributed by atoms with Crippen LogP contribution in [0.1, 0.15) is 48.2 Å². The largest absolute Gasteiger partial charge is 0.450 e. The maximum atomic E-state index is 12.3. The molecular weight excluding hydrogens is 705 g/mol. The van der Waals surface area contributed by atoms with Crippen LogP contribution in [0.4, 0.5) is 16.2 Å². The number of allylic oxidation sites excluding steroid dienone is 2. The van der Waals surface area contributed by atoms with Gasteiger partial charge in [-0.25, -0.2) is 4.79 Å². The van der Waals surface area contributed by atoms with Crippen molar-refractivity contribution in [3.05, 3.63) is 84.2 Å². The van der Waals surface area contributed by atoms with E-state index in [1.165, 1.54) is 44.3 Å². The summed E-state index contributed by atoms with van der Waals surface area (Å²) in [5.41, 5.74) is 15.9. The lowest BCUT2D eigenvalue weighted by Crippen LogP contribution is -2.42. The molecule has 0 spiro atoms. The number of nitrogen functional groups attached to an aromatic ring is 1. The van der Waals surface area contributed by atoms with E-state index in [4.69, 9.17) is 19.9 Å². The fourth-order valence-corrected chi connectivity index (χ4v) is 9.75. The molecule has 3 N–H and O–H groups in total. The van der Waals surface area contributed by atoms with E-state index in [1.807, 2.05) is 24.3 Å². The van der Waals surface area contributed by atoms with Crippen LogP contribution in [0.5, 0.6) is 0 Å². The standard InChI is InChI=1S/C25H37N3O3Si.C19H25N3O/c1-5-11-28-23-7-6-19(26-25(29)31-15-16-32(2,3)4)17-21(23)22-18-27(12-8-24(22)28)20-9-13-30-14-10-20;1-2-8-22-18-4-3-14(20)12-16(18)17-13-21(9-5-19(17)22)15-6-10-23-11-7-15/h5-7,17,20H,1,8-16,18H2,2-4H3,(H,26,29);2-4,12,15H,1,5-11,13,20H2. The molecule has 0 atom stereocenters. The molecular formula is C44H62N6O4Si. The summed E-state index contributed by atoms with van der Waals surface area (Å²) in [6.45, 7) is 24.6. The molecule has 0 bridgehead atoms. The molecule has 2 fully saturated rings. The summed E-state index contributed by atoms with van der Waals surface area (Å²) in [5.74, 6) is 0. The van der Waals surface area contributed by atoms with Gasteiger partial charge in [-0.1, -0.05) is 31.8 Å². The molecule has 8 rings (SSSR count). The maximum absolute atomic E-state index is 12.3. The highest BCUT2D eigenvalue weighted by molar-refractivity contribution is 6.76. The van der Waals surface area contributed by atoms with Crippen molar-refractivity contribution in [3.63, 3.8) is 0 Å². The fourth-order valence-electron chi connectivity index (χ4n) is 9.04. The smallest absolute Gasteiger partial charge is 0.411 e. The van der Waals surface area contributed by atoms with Crippen molar-refractivity contribution in [2.75, 3.05) is 57.2 Å². The van der Waals surface area contributed by atoms with Gasteiger partial charge in [0.25, 0.3) is 0 Å². The second kappa shape index (κ2) is 17.5. The normalized spacial score (nSPS) is 18.7. The van der Waals surface area contributed by atoms with Crippen LogP contribution in [0.15, 0.2) is 61.7 Å². The van der Waals surface area contributed by atoms with Crippen molar-refractivity contribution in [2.24, 2.45) is 0 Å². The first-order valence-corrected chi connectivity index (χ1v) is 24.2. The van der Waals surface area contributed by atoms with Crippen molar-refractivity contribution >= 4 is 47.3 Å². The Labute approximate surface area is 328 Å². The number of hydrogen-bond acceptors (Lipinski definition) is 7. The molecule has 4 aliphatic rings. The number of amides is 1. The van der Waals surface area contributed by atoms with Gasteiger partial charge in [-0.05, 0) is 79.3 Å². The SMILES string of the molecule is C=CCn1c2c(c3cc(N)ccc31)CN(C1CCOCC1)CC2.C=CCn1c2c(c3cc(NC(=O)OCC[Si](C)(C)C)ccc31)CN(C1CCOCC1)CC2. The van der Waals surface area contributed by atoms with E-state index in [2.05, 4.69) is 81.3 Å². The van der Waals surface area contributed by atoms with Gasteiger partial charge in [-0.3, -0.25) is 15.1 Å². The first-order valence-electron chi connectivity index (χ1n) is 20.5. The van der Waals surface area contributed by atoms with Gasteiger partial charge in [0.05, 0.1) is 6.61 Å². The van der Waals surface area contributed by atoms with Crippen LogP contribution in [0.25, 0.3) is 21.8 Å². The summed E-state index contributed by atoms with van der Waals surface area (Å²) >= 11 is 0. The molecule has 296 valence electrons. The fraction of sp³-hybridized carbons (Fsp3) is 0.523. The molecule has 6 heterocycles. The van der Waals surface area contributed by atoms with Crippen LogP contribution >= 0.6 is 0 Å². The number of ether oxygens (including phenoxy) is 3. The zero-order valence-corrected chi connectivity index (χ0v) is 34.4. The first-order chi connectivity index (χ1) is 26.6. The molecule has 55 heavy (non-hydrogen) atoms. The van der Waals surface area contributed by atoms with Crippen molar-refractivity contribution < 1.29 is 19.0 Å². The Bertz CT molecular complexity index is 1980. The number of fused-ring (bicyclic) bond motifs is 6. The third kappa shape index (κ3) is 9.07. The Kier molecular flexibility index (Phi) is 12.5. The molecule has 10 nitrogen and oxygen atoms in total. The number of benzene rings is 2. The average molecular weight is 767 g/mol. The molecule has 2 aromatic heterocycles. The predicted octanol–water partition coefficient (Wildman–Crippen LogP) is 8.20. The van der Waals surface area contributed by atoms with Gasteiger partial charge >= 0.3 is 6.09 Å². The summed E-state index contributed by atoms with van der Waals surface area (Å²) in [7, 11) is -1.22. The zero-order valence-electron chi connectivity index (χ0n) is 33.4. The van der Waals surface area contributed by atoms with Gasteiger partial charge in [0, 0.05) is 143 Å². The second-order valence-electron chi connectivity index (χ2n) is 16.9. The molecule has 1 amide bonds. The number of hydrogen-bond donors (Lipinski definition) is 2. The molecule has 11 heteroatoms. The molecule has 0 radical (unpaired) electrons. The van der Waals surface area contributed by atoms with Crippen LogP contribution in [0.2, 0.25) is 25.7 Å². The summed E-state index contributed by atoms with van der Waals surface area (Å²) < 4.78 is 21.3. The Balaban J connectivity index is 0.000000178. The minimum Gasteiger partial charge on any atom is -0.450 e. The van der Waals surface area contributed by atoms with Crippen molar-refractivity contribution in [2.45, 2.75) is 102 Å². The molecule has 2 saturated heterocycles. The molecule has 4 aliphatic heterocycles. The number of carbonyl (C=O) groups excluding carboxylic acids is 1. The highest BCUT2D eigenvalue weighted by Gasteiger charge is 2.31. The number of carbonyl (C=O) groups is 1. The number of nitrogens with two attached hydrogens (primary N) is 1. The molecule has 2 aromatic carbocycles. The van der Waals surface area contributed by atoms with E-state index >= 15 is 0 Å². The number of nitrogens with one attached hydrogen (secondary N) is 1. The highest BCUT2D eigenvalue weighted by Crippen LogP contribution is 2.36. The van der Waals surface area contributed by atoms with Gasteiger partial charge in [0.15, 0.2) is 0 Å². The minimum absolute atomic E-state index is 0.370. The summed E-state index contributed by atoms with van der Waals surface area (Å²) in [4.78, 5) is 17.6. The van der Waals surface area contributed by atoms with E-state index in [1.54, 1.807) is 0 Å². The third-order valence-electron chi connectivity index (χ3n) is 12.0. The lowest BCUT2D eigenvalue weighted by molar-refractivity contribution is 0.0288. The van der Waals surface area contributed by atoms with E-state index in [0.29, 0.717) is 18.7 Å². The molecule has 4 aromatic rings. The molecule has 0 unspecified atom stereocenters. The van der Waals surface area contributed by atoms with E-state index < -0.39 is 8.07 Å². The Hall–Kier alpha value is -3.87. The Morgan fingerprint density at radius 3 is 1.84 bits per heavy atom. The minimum atomic E-state index is -1.22. The predicted molar refractivity (Wildman–Crippen MR) is 228 cm³/mol. The topological polar surface area (TPSA) is 99.2 Å². The van der Waals surface area contributed by atoms with E-state index in [-0.39, 0.29) is 6.09 Å². The average Bonchev–Trinajstić information content (AvgIpc) is 3.66. The monoisotopic (exact) mass is 766 g/mol. The molecule has 0 aliphatic carbocycles. The number of rotatable bonds is 10. The van der Waals surface area contributed by atoms with Gasteiger partial charge in [0.1, 0.15) is 0 Å². The van der Waals surface area contributed by atoms with Crippen LogP contribution in [0.3, 0.4) is 0 Å². The summed E-state index contributed by atoms with van der Waals surface area (Å²) in [6, 6.07) is 14.7. The van der Waals surface area contributed by atoms with Crippen LogP contribution in [-0.2, 0) is 53.2 Å². The lowest BCUT2D eigenvalue weighted by Gasteiger charge is -2.37. The Morgan fingerprint density at radius 2 is 1.33 bits per heavy atom. The summed E-state index contributed by atoms with van der Waals surface area (Å²) in [6.07, 6.45) is 10.3. The van der Waals surface area contributed by atoms with Crippen LogP contribution < -0.4 is 11.1 Å². The zero-order chi connectivity index (χ0) is 38.5. The van der Waals surface area contributed by atoms with Gasteiger partial charge < -0.3 is 29.1 Å². The maximum Gasteiger partial charge on any atom is 0.411 e. The number of anilines is 2. The second-order valence-corrected chi connectivity index (χ2v) is 22.5. The van der Waals surface area contributed by atoms with Crippen LogP contribution in [0, 0.1) is 0 Å².